The van der Waals surface area contributed by atoms with Gasteiger partial charge in [-0.25, -0.2) is 0 Å². The summed E-state index contributed by atoms with van der Waals surface area (Å²) < 4.78 is 12.4. The van der Waals surface area contributed by atoms with Crippen molar-refractivity contribution in [3.8, 4) is 11.5 Å². The zero-order valence-electron chi connectivity index (χ0n) is 28.6. The van der Waals surface area contributed by atoms with Crippen LogP contribution in [0.2, 0.25) is 0 Å². The number of phenolic OH excluding ortho intramolecular Hbond substituents is 1. The minimum atomic E-state index is -0.863. The van der Waals surface area contributed by atoms with Gasteiger partial charge in [0.25, 0.3) is 5.91 Å². The molecule has 266 valence electrons. The van der Waals surface area contributed by atoms with Crippen molar-refractivity contribution in [2.45, 2.75) is 42.8 Å². The molecule has 1 aromatic heterocycles. The summed E-state index contributed by atoms with van der Waals surface area (Å²) in [4.78, 5) is 45.9. The number of aliphatic hydroxyl groups is 1. The average Bonchev–Trinajstić information content (AvgIpc) is 3.61. The highest BCUT2D eigenvalue weighted by molar-refractivity contribution is 5.98. The van der Waals surface area contributed by atoms with Gasteiger partial charge < -0.3 is 34.9 Å². The first-order valence-corrected chi connectivity index (χ1v) is 18.0. The summed E-state index contributed by atoms with van der Waals surface area (Å²) in [5, 5.41) is 24.7. The van der Waals surface area contributed by atoms with Crippen LogP contribution in [0.4, 0.5) is 0 Å². The fourth-order valence-electron chi connectivity index (χ4n) is 8.63. The van der Waals surface area contributed by atoms with Gasteiger partial charge in [-0.05, 0) is 80.2 Å². The first-order valence-electron chi connectivity index (χ1n) is 18.0. The molecule has 3 aromatic carbocycles. The van der Waals surface area contributed by atoms with Crippen LogP contribution in [0.5, 0.6) is 11.5 Å². The lowest BCUT2D eigenvalue weighted by molar-refractivity contribution is -0.166. The normalized spacial score (nSPS) is 24.5. The Labute approximate surface area is 296 Å². The fourth-order valence-corrected chi connectivity index (χ4v) is 8.63. The van der Waals surface area contributed by atoms with Gasteiger partial charge >= 0.3 is 5.97 Å². The molecule has 1 saturated carbocycles. The number of carbonyl (C=O) groups excluding carboxylic acids is 2. The van der Waals surface area contributed by atoms with Crippen LogP contribution in [0.25, 0.3) is 10.9 Å². The van der Waals surface area contributed by atoms with Crippen LogP contribution in [-0.2, 0) is 14.9 Å². The number of hydrogen-bond acceptors (Lipinski definition) is 9. The smallest absolute Gasteiger partial charge is 0.320 e. The Balaban J connectivity index is 0.792. The van der Waals surface area contributed by atoms with Crippen molar-refractivity contribution in [3.63, 3.8) is 0 Å². The standard InChI is InChI=1S/C40H44N4O7/c45-33-14-12-29(30-13-15-35(47)42-36(30)33)34(46)21-41-17-5-2-6-19-50-28-11-7-8-26(20-28)37(48)44-23-39(24-44,27-9-3-1-4-10-27)38(49)51-40-25-43-18-16-31(40)32(40)22-43/h1,3-4,7-15,20,31-32,34,41,45-46H,2,5-6,16-19,21-25H2,(H,42,47)/t31?,32?,34-,40+/m0/s1. The summed E-state index contributed by atoms with van der Waals surface area (Å²) in [7, 11) is 0. The number of carbonyl (C=O) groups is 2. The van der Waals surface area contributed by atoms with Crippen molar-refractivity contribution >= 4 is 22.8 Å². The molecule has 5 aliphatic rings. The van der Waals surface area contributed by atoms with Crippen LogP contribution in [0.1, 0.15) is 53.3 Å². The van der Waals surface area contributed by atoms with Crippen LogP contribution in [0, 0.1) is 11.8 Å². The molecule has 5 fully saturated rings. The maximum absolute atomic E-state index is 13.9. The SMILES string of the molecule is O=C(c1cccc(OCCCCCNC[C@H](O)c2ccc(O)c3[nH]c(=O)ccc23)c1)N1CC(C(=O)O[C@]23CN4CCC2C3C4)(c2ccccc2)C1. The van der Waals surface area contributed by atoms with Gasteiger partial charge in [-0.1, -0.05) is 42.5 Å². The molecule has 0 radical (unpaired) electrons. The van der Waals surface area contributed by atoms with Gasteiger partial charge in [0.05, 0.1) is 18.2 Å². The zero-order valence-corrected chi connectivity index (χ0v) is 28.6. The second kappa shape index (κ2) is 13.4. The van der Waals surface area contributed by atoms with E-state index < -0.39 is 11.5 Å². The molecule has 4 saturated heterocycles. The van der Waals surface area contributed by atoms with E-state index in [-0.39, 0.29) is 41.9 Å². The quantitative estimate of drug-likeness (QED) is 0.115. The Morgan fingerprint density at radius 3 is 2.57 bits per heavy atom. The van der Waals surface area contributed by atoms with E-state index in [1.165, 1.54) is 12.1 Å². The van der Waals surface area contributed by atoms with Gasteiger partial charge in [0.1, 0.15) is 22.5 Å². The van der Waals surface area contributed by atoms with Gasteiger partial charge in [0, 0.05) is 61.6 Å². The molecule has 1 aliphatic carbocycles. The van der Waals surface area contributed by atoms with E-state index in [9.17, 15) is 24.6 Å². The lowest BCUT2D eigenvalue weighted by atomic mass is 9.73. The van der Waals surface area contributed by atoms with Crippen molar-refractivity contribution in [2.24, 2.45) is 11.8 Å². The maximum Gasteiger partial charge on any atom is 0.320 e. The van der Waals surface area contributed by atoms with E-state index in [1.807, 2.05) is 42.5 Å². The maximum atomic E-state index is 13.9. The molecule has 11 nitrogen and oxygen atoms in total. The predicted molar refractivity (Wildman–Crippen MR) is 191 cm³/mol. The molecule has 51 heavy (non-hydrogen) atoms. The highest BCUT2D eigenvalue weighted by Crippen LogP contribution is 2.63. The number of amides is 1. The number of likely N-dealkylation sites (tertiary alicyclic amines) is 1. The minimum absolute atomic E-state index is 0.0350. The highest BCUT2D eigenvalue weighted by atomic mass is 16.6. The number of aromatic hydroxyl groups is 1. The summed E-state index contributed by atoms with van der Waals surface area (Å²) in [6.07, 6.45) is 2.92. The number of rotatable bonds is 14. The second-order valence-electron chi connectivity index (χ2n) is 14.6. The molecule has 3 unspecified atom stereocenters. The summed E-state index contributed by atoms with van der Waals surface area (Å²) in [5.41, 5.74) is 0.859. The molecule has 4 aromatic rings. The van der Waals surface area contributed by atoms with Crippen molar-refractivity contribution in [1.29, 1.82) is 0 Å². The number of nitrogens with one attached hydrogen (secondary N) is 2. The molecule has 4 N–H and O–H groups in total. The number of ether oxygens (including phenoxy) is 2. The van der Waals surface area contributed by atoms with Crippen LogP contribution in [0.15, 0.2) is 83.7 Å². The van der Waals surface area contributed by atoms with E-state index in [2.05, 4.69) is 15.2 Å². The van der Waals surface area contributed by atoms with Crippen LogP contribution in [0.3, 0.4) is 0 Å². The van der Waals surface area contributed by atoms with Crippen molar-refractivity contribution in [2.75, 3.05) is 52.4 Å². The van der Waals surface area contributed by atoms with Crippen molar-refractivity contribution < 1.29 is 29.3 Å². The highest BCUT2D eigenvalue weighted by Gasteiger charge is 2.75. The average molecular weight is 693 g/mol. The van der Waals surface area contributed by atoms with Gasteiger partial charge in [0.2, 0.25) is 5.56 Å². The predicted octanol–water partition coefficient (Wildman–Crippen LogP) is 3.75. The van der Waals surface area contributed by atoms with Crippen LogP contribution >= 0.6 is 0 Å². The number of aromatic nitrogens is 1. The van der Waals surface area contributed by atoms with E-state index in [1.54, 1.807) is 29.2 Å². The largest absolute Gasteiger partial charge is 0.506 e. The number of benzene rings is 3. The first kappa shape index (κ1) is 33.4. The summed E-state index contributed by atoms with van der Waals surface area (Å²) in [6.45, 7) is 5.07. The molecule has 1 amide bonds. The number of pyridine rings is 1. The monoisotopic (exact) mass is 692 g/mol. The third kappa shape index (κ3) is 6.17. The molecule has 4 bridgehead atoms. The molecule has 5 heterocycles. The third-order valence-corrected chi connectivity index (χ3v) is 11.5. The Bertz CT molecular complexity index is 1990. The summed E-state index contributed by atoms with van der Waals surface area (Å²) >= 11 is 0. The third-order valence-electron chi connectivity index (χ3n) is 11.5. The molecule has 9 rings (SSSR count). The Kier molecular flexibility index (Phi) is 8.81. The van der Waals surface area contributed by atoms with E-state index >= 15 is 0 Å². The lowest BCUT2D eigenvalue weighted by Crippen LogP contribution is -2.66. The van der Waals surface area contributed by atoms with Crippen LogP contribution < -0.4 is 15.6 Å². The lowest BCUT2D eigenvalue weighted by Gasteiger charge is -2.49. The molecule has 11 heteroatoms. The number of hydrogen-bond donors (Lipinski definition) is 4. The van der Waals surface area contributed by atoms with Crippen molar-refractivity contribution in [1.82, 2.24) is 20.1 Å². The number of nitrogens with zero attached hydrogens (tertiary/aromatic N) is 2. The molecule has 5 atom stereocenters. The number of phenols is 1. The number of esters is 1. The Hall–Kier alpha value is -4.71. The second-order valence-corrected chi connectivity index (χ2v) is 14.6. The molecular formula is C40H44N4O7. The van der Waals surface area contributed by atoms with Gasteiger partial charge in [-0.15, -0.1) is 0 Å². The Morgan fingerprint density at radius 1 is 0.961 bits per heavy atom. The summed E-state index contributed by atoms with van der Waals surface area (Å²) in [6, 6.07) is 23.1. The Morgan fingerprint density at radius 2 is 1.80 bits per heavy atom. The van der Waals surface area contributed by atoms with Gasteiger partial charge in [0.15, 0.2) is 0 Å². The van der Waals surface area contributed by atoms with Crippen molar-refractivity contribution in [3.05, 3.63) is 106 Å². The van der Waals surface area contributed by atoms with Gasteiger partial charge in [-0.3, -0.25) is 19.3 Å². The van der Waals surface area contributed by atoms with Crippen LogP contribution in [-0.4, -0.2) is 94.9 Å². The fraction of sp³-hybridized carbons (Fsp3) is 0.425. The zero-order chi connectivity index (χ0) is 35.2. The number of piperidine rings is 3. The minimum Gasteiger partial charge on any atom is -0.506 e. The molecule has 4 aliphatic heterocycles. The number of aliphatic hydroxyl groups excluding tert-OH is 1. The summed E-state index contributed by atoms with van der Waals surface area (Å²) in [5.74, 6) is 1.19. The number of unbranched alkanes of at least 4 members (excludes halogenated alkanes) is 2. The molecule has 0 spiro atoms. The number of fused-ring (bicyclic) bond motifs is 2. The topological polar surface area (TPSA) is 144 Å². The number of H-pyrrole nitrogens is 1. The molecular weight excluding hydrogens is 648 g/mol. The first-order chi connectivity index (χ1) is 24.8. The van der Waals surface area contributed by atoms with E-state index in [0.29, 0.717) is 59.3 Å². The van der Waals surface area contributed by atoms with E-state index in [4.69, 9.17) is 9.47 Å². The number of aromatic amines is 1. The van der Waals surface area contributed by atoms with Gasteiger partial charge in [-0.2, -0.15) is 0 Å². The van der Waals surface area contributed by atoms with E-state index in [0.717, 1.165) is 50.9 Å².